The van der Waals surface area contributed by atoms with Crippen molar-refractivity contribution in [3.8, 4) is 11.4 Å². The van der Waals surface area contributed by atoms with Crippen LogP contribution in [0.1, 0.15) is 11.1 Å². The van der Waals surface area contributed by atoms with Gasteiger partial charge in [0, 0.05) is 12.4 Å². The zero-order chi connectivity index (χ0) is 13.2. The Labute approximate surface area is 105 Å². The summed E-state index contributed by atoms with van der Waals surface area (Å²) >= 11 is 0. The molecule has 0 amide bonds. The van der Waals surface area contributed by atoms with E-state index in [9.17, 15) is 13.0 Å². The summed E-state index contributed by atoms with van der Waals surface area (Å²) in [5, 5.41) is 0. The predicted molar refractivity (Wildman–Crippen MR) is 65.6 cm³/mol. The maximum absolute atomic E-state index is 10.6. The molecule has 0 radical (unpaired) electrons. The van der Waals surface area contributed by atoms with Crippen molar-refractivity contribution in [2.75, 3.05) is 0 Å². The molecule has 0 unspecified atom stereocenters. The average Bonchev–Trinajstić information content (AvgIpc) is 2.29. The first-order valence-corrected chi connectivity index (χ1v) is 6.83. The standard InChI is InChI=1S/C12H12N2O3S/c1-9-2-4-11(13-6-9)12-5-3-10(7-14-12)8-18(15,16)17/h2-7H,8H2,1H3,(H,15,16,17)/p-1. The molecule has 2 aromatic heterocycles. The third-order valence-corrected chi connectivity index (χ3v) is 3.03. The van der Waals surface area contributed by atoms with E-state index >= 15 is 0 Å². The van der Waals surface area contributed by atoms with Gasteiger partial charge in [-0.05, 0) is 30.2 Å². The second kappa shape index (κ2) is 4.83. The molecule has 0 spiro atoms. The molecule has 0 aliphatic heterocycles. The lowest BCUT2D eigenvalue weighted by Crippen LogP contribution is -2.02. The summed E-state index contributed by atoms with van der Waals surface area (Å²) in [7, 11) is -4.27. The van der Waals surface area contributed by atoms with Crippen LogP contribution in [0.4, 0.5) is 0 Å². The minimum Gasteiger partial charge on any atom is -0.748 e. The highest BCUT2D eigenvalue weighted by atomic mass is 32.2. The van der Waals surface area contributed by atoms with Gasteiger partial charge in [0.1, 0.15) is 0 Å². The van der Waals surface area contributed by atoms with Gasteiger partial charge in [-0.3, -0.25) is 9.97 Å². The Hall–Kier alpha value is -1.79. The quantitative estimate of drug-likeness (QED) is 0.783. The lowest BCUT2D eigenvalue weighted by molar-refractivity contribution is 0.462. The average molecular weight is 263 g/mol. The van der Waals surface area contributed by atoms with E-state index in [4.69, 9.17) is 0 Å². The zero-order valence-electron chi connectivity index (χ0n) is 9.70. The Bertz CT molecular complexity index is 634. The summed E-state index contributed by atoms with van der Waals surface area (Å²) < 4.78 is 31.8. The fourth-order valence-corrected chi connectivity index (χ4v) is 2.06. The zero-order valence-corrected chi connectivity index (χ0v) is 10.5. The Kier molecular flexibility index (Phi) is 3.40. The molecule has 0 saturated heterocycles. The van der Waals surface area contributed by atoms with E-state index in [0.717, 1.165) is 5.56 Å². The van der Waals surface area contributed by atoms with Crippen LogP contribution in [0.2, 0.25) is 0 Å². The highest BCUT2D eigenvalue weighted by molar-refractivity contribution is 7.84. The van der Waals surface area contributed by atoms with Crippen LogP contribution in [0.15, 0.2) is 36.7 Å². The van der Waals surface area contributed by atoms with Crippen molar-refractivity contribution in [2.24, 2.45) is 0 Å². The fraction of sp³-hybridized carbons (Fsp3) is 0.167. The number of pyridine rings is 2. The first kappa shape index (κ1) is 12.7. The van der Waals surface area contributed by atoms with Crippen LogP contribution < -0.4 is 0 Å². The first-order valence-electron chi connectivity index (χ1n) is 5.25. The van der Waals surface area contributed by atoms with Crippen LogP contribution >= 0.6 is 0 Å². The van der Waals surface area contributed by atoms with E-state index in [1.165, 1.54) is 6.20 Å². The highest BCUT2D eigenvalue weighted by Crippen LogP contribution is 2.15. The molecule has 0 saturated carbocycles. The number of nitrogens with zero attached hydrogens (tertiary/aromatic N) is 2. The monoisotopic (exact) mass is 263 g/mol. The largest absolute Gasteiger partial charge is 0.748 e. The van der Waals surface area contributed by atoms with Crippen LogP contribution in [0.5, 0.6) is 0 Å². The molecule has 18 heavy (non-hydrogen) atoms. The maximum atomic E-state index is 10.6. The topological polar surface area (TPSA) is 83.0 Å². The van der Waals surface area contributed by atoms with E-state index in [1.807, 2.05) is 19.1 Å². The SMILES string of the molecule is Cc1ccc(-c2ccc(CS(=O)(=O)[O-])cn2)nc1. The molecule has 0 aliphatic carbocycles. The highest BCUT2D eigenvalue weighted by Gasteiger charge is 2.03. The summed E-state index contributed by atoms with van der Waals surface area (Å²) in [5.74, 6) is -0.540. The van der Waals surface area contributed by atoms with E-state index in [0.29, 0.717) is 17.0 Å². The van der Waals surface area contributed by atoms with E-state index < -0.39 is 15.9 Å². The maximum Gasteiger partial charge on any atom is 0.0989 e. The summed E-state index contributed by atoms with van der Waals surface area (Å²) in [6, 6.07) is 6.97. The molecule has 0 aliphatic rings. The van der Waals surface area contributed by atoms with Gasteiger partial charge in [0.2, 0.25) is 0 Å². The minimum absolute atomic E-state index is 0.376. The molecule has 94 valence electrons. The van der Waals surface area contributed by atoms with E-state index in [1.54, 1.807) is 18.3 Å². The molecular weight excluding hydrogens is 252 g/mol. The third-order valence-electron chi connectivity index (χ3n) is 2.34. The van der Waals surface area contributed by atoms with E-state index in [-0.39, 0.29) is 0 Å². The molecule has 2 rings (SSSR count). The second-order valence-corrected chi connectivity index (χ2v) is 5.38. The number of rotatable bonds is 3. The van der Waals surface area contributed by atoms with Crippen molar-refractivity contribution in [3.63, 3.8) is 0 Å². The minimum atomic E-state index is -4.27. The van der Waals surface area contributed by atoms with Crippen molar-refractivity contribution >= 4 is 10.1 Å². The van der Waals surface area contributed by atoms with Gasteiger partial charge < -0.3 is 4.55 Å². The van der Waals surface area contributed by atoms with Crippen molar-refractivity contribution < 1.29 is 13.0 Å². The van der Waals surface area contributed by atoms with Gasteiger partial charge in [0.25, 0.3) is 0 Å². The molecule has 0 atom stereocenters. The van der Waals surface area contributed by atoms with E-state index in [2.05, 4.69) is 9.97 Å². The summed E-state index contributed by atoms with van der Waals surface area (Å²) in [6.07, 6.45) is 3.11. The molecule has 5 nitrogen and oxygen atoms in total. The molecular formula is C12H11N2O3S-. The smallest absolute Gasteiger partial charge is 0.0989 e. The van der Waals surface area contributed by atoms with Crippen LogP contribution in [0.3, 0.4) is 0 Å². The number of aryl methyl sites for hydroxylation is 1. The number of hydrogen-bond acceptors (Lipinski definition) is 5. The van der Waals surface area contributed by atoms with Crippen LogP contribution in [-0.4, -0.2) is 22.9 Å². The van der Waals surface area contributed by atoms with Crippen molar-refractivity contribution in [3.05, 3.63) is 47.8 Å². The van der Waals surface area contributed by atoms with Gasteiger partial charge in [0.15, 0.2) is 0 Å². The molecule has 0 aromatic carbocycles. The summed E-state index contributed by atoms with van der Waals surface area (Å²) in [4.78, 5) is 8.31. The van der Waals surface area contributed by atoms with Crippen molar-refractivity contribution in [1.82, 2.24) is 9.97 Å². The van der Waals surface area contributed by atoms with Gasteiger partial charge in [-0.25, -0.2) is 8.42 Å². The fourth-order valence-electron chi connectivity index (χ4n) is 1.48. The lowest BCUT2D eigenvalue weighted by Gasteiger charge is -2.07. The molecule has 2 aromatic rings. The molecule has 0 N–H and O–H groups in total. The van der Waals surface area contributed by atoms with Crippen molar-refractivity contribution in [2.45, 2.75) is 12.7 Å². The predicted octanol–water partition coefficient (Wildman–Crippen LogP) is 1.50. The molecule has 6 heteroatoms. The van der Waals surface area contributed by atoms with Gasteiger partial charge in [-0.1, -0.05) is 12.1 Å². The van der Waals surface area contributed by atoms with Gasteiger partial charge >= 0.3 is 0 Å². The molecule has 0 fully saturated rings. The normalized spacial score (nSPS) is 11.4. The Balaban J connectivity index is 2.25. The van der Waals surface area contributed by atoms with Gasteiger partial charge in [0.05, 0.1) is 27.3 Å². The van der Waals surface area contributed by atoms with Gasteiger partial charge in [-0.2, -0.15) is 0 Å². The number of hydrogen-bond donors (Lipinski definition) is 0. The Morgan fingerprint density at radius 1 is 1.06 bits per heavy atom. The number of aromatic nitrogens is 2. The Morgan fingerprint density at radius 2 is 1.67 bits per heavy atom. The van der Waals surface area contributed by atoms with Crippen molar-refractivity contribution in [1.29, 1.82) is 0 Å². The second-order valence-electron chi connectivity index (χ2n) is 3.97. The van der Waals surface area contributed by atoms with Crippen LogP contribution in [-0.2, 0) is 15.9 Å². The Morgan fingerprint density at radius 3 is 2.11 bits per heavy atom. The van der Waals surface area contributed by atoms with Crippen LogP contribution in [0.25, 0.3) is 11.4 Å². The summed E-state index contributed by atoms with van der Waals surface area (Å²) in [6.45, 7) is 1.94. The first-order chi connectivity index (χ1) is 8.44. The van der Waals surface area contributed by atoms with Crippen LogP contribution in [0, 0.1) is 6.92 Å². The summed E-state index contributed by atoms with van der Waals surface area (Å²) in [5.41, 5.74) is 2.77. The van der Waals surface area contributed by atoms with Gasteiger partial charge in [-0.15, -0.1) is 0 Å². The third kappa shape index (κ3) is 3.35. The molecule has 2 heterocycles. The molecule has 0 bridgehead atoms. The lowest BCUT2D eigenvalue weighted by atomic mass is 10.2.